The van der Waals surface area contributed by atoms with E-state index in [4.69, 9.17) is 0 Å². The number of fused-ring (bicyclic) bond motifs is 1. The maximum atomic E-state index is 12.7. The van der Waals surface area contributed by atoms with Crippen LogP contribution in [0.3, 0.4) is 0 Å². The van der Waals surface area contributed by atoms with E-state index in [1.807, 2.05) is 13.8 Å². The average molecular weight is 414 g/mol. The van der Waals surface area contributed by atoms with Gasteiger partial charge in [0.1, 0.15) is 0 Å². The second-order valence-electron chi connectivity index (χ2n) is 10.5. The summed E-state index contributed by atoms with van der Waals surface area (Å²) in [7, 11) is 0. The van der Waals surface area contributed by atoms with Gasteiger partial charge in [0.05, 0.1) is 5.92 Å². The number of carbonyl (C=O) groups is 1. The first kappa shape index (κ1) is 21.8. The summed E-state index contributed by atoms with van der Waals surface area (Å²) < 4.78 is 0. The van der Waals surface area contributed by atoms with Gasteiger partial charge >= 0.3 is 0 Å². The fourth-order valence-corrected chi connectivity index (χ4v) is 5.49. The predicted octanol–water partition coefficient (Wildman–Crippen LogP) is 2.46. The lowest BCUT2D eigenvalue weighted by molar-refractivity contribution is -0.127. The van der Waals surface area contributed by atoms with Gasteiger partial charge in [-0.15, -0.1) is 0 Å². The minimum Gasteiger partial charge on any atom is -0.396 e. The number of aliphatic hydroxyl groups is 1. The monoisotopic (exact) mass is 413 g/mol. The molecule has 2 aliphatic heterocycles. The Balaban J connectivity index is 1.24. The van der Waals surface area contributed by atoms with Crippen LogP contribution in [0.1, 0.15) is 50.7 Å². The van der Waals surface area contributed by atoms with Crippen LogP contribution in [-0.4, -0.2) is 72.2 Å². The summed E-state index contributed by atoms with van der Waals surface area (Å²) in [6.45, 7) is 8.99. The van der Waals surface area contributed by atoms with Crippen molar-refractivity contribution in [2.24, 2.45) is 11.3 Å². The second-order valence-corrected chi connectivity index (χ2v) is 10.5. The Bertz CT molecular complexity index is 702. The van der Waals surface area contributed by atoms with E-state index in [9.17, 15) is 9.90 Å². The summed E-state index contributed by atoms with van der Waals surface area (Å²) in [5.74, 6) is 0.262. The van der Waals surface area contributed by atoms with Gasteiger partial charge in [0, 0.05) is 37.2 Å². The van der Waals surface area contributed by atoms with E-state index < -0.39 is 0 Å². The number of hydrogen-bond acceptors (Lipinski definition) is 4. The van der Waals surface area contributed by atoms with Crippen LogP contribution in [0.4, 0.5) is 0 Å². The molecule has 2 saturated heterocycles. The molecule has 30 heavy (non-hydrogen) atoms. The highest BCUT2D eigenvalue weighted by molar-refractivity contribution is 5.79. The third kappa shape index (κ3) is 5.06. The van der Waals surface area contributed by atoms with Crippen LogP contribution in [0, 0.1) is 11.3 Å². The number of benzene rings is 1. The minimum absolute atomic E-state index is 0.0920. The van der Waals surface area contributed by atoms with Crippen LogP contribution in [0.2, 0.25) is 0 Å². The lowest BCUT2D eigenvalue weighted by atomic mass is 9.91. The molecule has 0 radical (unpaired) electrons. The zero-order valence-electron chi connectivity index (χ0n) is 18.8. The molecule has 2 N–H and O–H groups in total. The van der Waals surface area contributed by atoms with E-state index in [1.165, 1.54) is 38.8 Å². The molecule has 1 atom stereocenters. The summed E-state index contributed by atoms with van der Waals surface area (Å²) in [6, 6.07) is 10.2. The molecular formula is C25H39N3O2. The summed E-state index contributed by atoms with van der Waals surface area (Å²) in [6.07, 6.45) is 6.95. The maximum absolute atomic E-state index is 12.7. The van der Waals surface area contributed by atoms with Crippen molar-refractivity contribution in [2.75, 3.05) is 39.3 Å². The van der Waals surface area contributed by atoms with Gasteiger partial charge in [0.2, 0.25) is 5.91 Å². The van der Waals surface area contributed by atoms with Crippen LogP contribution in [0.15, 0.2) is 24.3 Å². The van der Waals surface area contributed by atoms with Gasteiger partial charge in [-0.25, -0.2) is 0 Å². The number of hydrogen-bond donors (Lipinski definition) is 2. The Morgan fingerprint density at radius 3 is 2.33 bits per heavy atom. The lowest BCUT2D eigenvalue weighted by Gasteiger charge is -2.43. The highest BCUT2D eigenvalue weighted by Crippen LogP contribution is 2.29. The molecule has 2 heterocycles. The smallest absolute Gasteiger partial charge is 0.224 e. The summed E-state index contributed by atoms with van der Waals surface area (Å²) in [5.41, 5.74) is 2.83. The topological polar surface area (TPSA) is 55.8 Å². The van der Waals surface area contributed by atoms with Crippen LogP contribution >= 0.6 is 0 Å². The zero-order valence-corrected chi connectivity index (χ0v) is 18.8. The van der Waals surface area contributed by atoms with E-state index in [0.29, 0.717) is 18.6 Å². The minimum atomic E-state index is -0.253. The van der Waals surface area contributed by atoms with Gasteiger partial charge in [-0.3, -0.25) is 14.6 Å². The molecule has 0 saturated carbocycles. The molecule has 0 aromatic heterocycles. The third-order valence-electron chi connectivity index (χ3n) is 7.55. The normalized spacial score (nSPS) is 24.7. The van der Waals surface area contributed by atoms with E-state index in [-0.39, 0.29) is 23.8 Å². The van der Waals surface area contributed by atoms with Crippen molar-refractivity contribution in [2.45, 2.75) is 64.5 Å². The van der Waals surface area contributed by atoms with Crippen LogP contribution in [0.25, 0.3) is 0 Å². The van der Waals surface area contributed by atoms with E-state index in [1.54, 1.807) is 11.1 Å². The molecule has 1 aromatic carbocycles. The maximum Gasteiger partial charge on any atom is 0.224 e. The van der Waals surface area contributed by atoms with Crippen molar-refractivity contribution in [1.82, 2.24) is 15.1 Å². The number of amides is 1. The van der Waals surface area contributed by atoms with Crippen molar-refractivity contribution in [3.8, 4) is 0 Å². The molecular weight excluding hydrogens is 374 g/mol. The molecule has 1 amide bonds. The SMILES string of the molecule is CC(C)(CO)CNC(=O)[C@@H]1CCCN(C2CCN(C3Cc4ccccc4C3)CC2)C1. The van der Waals surface area contributed by atoms with Gasteiger partial charge in [-0.05, 0) is 69.3 Å². The number of aliphatic hydroxyl groups excluding tert-OH is 1. The molecule has 2 fully saturated rings. The standard InChI is InChI=1S/C25H39N3O2/c1-25(2,18-29)17-26-24(30)21-8-5-11-28(16-21)22-9-12-27(13-10-22)23-14-19-6-3-4-7-20(19)15-23/h3-4,6-7,21-23,29H,5,8-18H2,1-2H3,(H,26,30)/t21-/m1/s1. The van der Waals surface area contributed by atoms with E-state index >= 15 is 0 Å². The molecule has 3 aliphatic rings. The third-order valence-corrected chi connectivity index (χ3v) is 7.55. The van der Waals surface area contributed by atoms with E-state index in [2.05, 4.69) is 39.4 Å². The van der Waals surface area contributed by atoms with Crippen LogP contribution in [0.5, 0.6) is 0 Å². The second kappa shape index (κ2) is 9.37. The fraction of sp³-hybridized carbons (Fsp3) is 0.720. The van der Waals surface area contributed by atoms with E-state index in [0.717, 1.165) is 25.9 Å². The number of rotatable bonds is 6. The molecule has 0 unspecified atom stereocenters. The Morgan fingerprint density at radius 1 is 1.03 bits per heavy atom. The summed E-state index contributed by atoms with van der Waals surface area (Å²) in [5, 5.41) is 12.5. The van der Waals surface area contributed by atoms with Crippen molar-refractivity contribution >= 4 is 5.91 Å². The number of likely N-dealkylation sites (tertiary alicyclic amines) is 2. The average Bonchev–Trinajstić information content (AvgIpc) is 3.22. The highest BCUT2D eigenvalue weighted by Gasteiger charge is 2.34. The van der Waals surface area contributed by atoms with Crippen molar-refractivity contribution in [3.05, 3.63) is 35.4 Å². The summed E-state index contributed by atoms with van der Waals surface area (Å²) in [4.78, 5) is 18.0. The van der Waals surface area contributed by atoms with Gasteiger partial charge < -0.3 is 10.4 Å². The van der Waals surface area contributed by atoms with Crippen molar-refractivity contribution in [3.63, 3.8) is 0 Å². The molecule has 5 heteroatoms. The van der Waals surface area contributed by atoms with Gasteiger partial charge in [-0.1, -0.05) is 38.1 Å². The number of piperidine rings is 2. The Labute approximate surface area is 181 Å². The van der Waals surface area contributed by atoms with Gasteiger partial charge in [-0.2, -0.15) is 0 Å². The van der Waals surface area contributed by atoms with Gasteiger partial charge in [0.15, 0.2) is 0 Å². The Hall–Kier alpha value is -1.43. The first-order chi connectivity index (χ1) is 14.4. The summed E-state index contributed by atoms with van der Waals surface area (Å²) >= 11 is 0. The fourth-order valence-electron chi connectivity index (χ4n) is 5.49. The molecule has 4 rings (SSSR count). The molecule has 1 aliphatic carbocycles. The van der Waals surface area contributed by atoms with Crippen LogP contribution < -0.4 is 5.32 Å². The van der Waals surface area contributed by atoms with Crippen LogP contribution in [-0.2, 0) is 17.6 Å². The molecule has 166 valence electrons. The number of carbonyl (C=O) groups excluding carboxylic acids is 1. The molecule has 1 aromatic rings. The van der Waals surface area contributed by atoms with Gasteiger partial charge in [0.25, 0.3) is 0 Å². The van der Waals surface area contributed by atoms with Crippen molar-refractivity contribution in [1.29, 1.82) is 0 Å². The molecule has 5 nitrogen and oxygen atoms in total. The largest absolute Gasteiger partial charge is 0.396 e. The molecule has 0 spiro atoms. The zero-order chi connectivity index (χ0) is 21.1. The predicted molar refractivity (Wildman–Crippen MR) is 120 cm³/mol. The first-order valence-corrected chi connectivity index (χ1v) is 11.9. The van der Waals surface area contributed by atoms with Crippen molar-refractivity contribution < 1.29 is 9.90 Å². The first-order valence-electron chi connectivity index (χ1n) is 11.9. The lowest BCUT2D eigenvalue weighted by Crippen LogP contribution is -2.52. The number of nitrogens with one attached hydrogen (secondary N) is 1. The number of nitrogens with zero attached hydrogens (tertiary/aromatic N) is 2. The molecule has 0 bridgehead atoms. The quantitative estimate of drug-likeness (QED) is 0.752. The Morgan fingerprint density at radius 2 is 1.70 bits per heavy atom. The highest BCUT2D eigenvalue weighted by atomic mass is 16.3. The Kier molecular flexibility index (Phi) is 6.81.